The van der Waals surface area contributed by atoms with Crippen molar-refractivity contribution < 1.29 is 31.1 Å². The topological polar surface area (TPSA) is 35.6 Å². The van der Waals surface area contributed by atoms with E-state index in [4.69, 9.17) is 0 Å². The number of amides is 2. The Morgan fingerprint density at radius 3 is 1.79 bits per heavy atom. The van der Waals surface area contributed by atoms with E-state index in [9.17, 15) is 31.1 Å². The number of benzene rings is 2. The number of carbonyl (C=O) groups is 1. The minimum Gasteiger partial charge on any atom is -0.368 e. The molecule has 0 atom stereocenters. The first-order valence-corrected chi connectivity index (χ1v) is 8.69. The average molecular weight is 417 g/mol. The van der Waals surface area contributed by atoms with Crippen molar-refractivity contribution in [2.45, 2.75) is 12.4 Å². The van der Waals surface area contributed by atoms with Gasteiger partial charge in [-0.05, 0) is 30.3 Å². The van der Waals surface area contributed by atoms with Crippen molar-refractivity contribution in [1.82, 2.24) is 4.90 Å². The molecule has 0 radical (unpaired) electrons. The Morgan fingerprint density at radius 1 is 0.793 bits per heavy atom. The summed E-state index contributed by atoms with van der Waals surface area (Å²) in [5, 5.41) is 2.70. The number of para-hydroxylation sites is 1. The Morgan fingerprint density at radius 2 is 1.31 bits per heavy atom. The van der Waals surface area contributed by atoms with Crippen molar-refractivity contribution in [2.24, 2.45) is 0 Å². The van der Waals surface area contributed by atoms with Crippen molar-refractivity contribution in [2.75, 3.05) is 36.4 Å². The highest BCUT2D eigenvalue weighted by atomic mass is 19.4. The Bertz CT molecular complexity index is 826. The molecule has 0 saturated carbocycles. The highest BCUT2D eigenvalue weighted by Gasteiger charge is 2.37. The molecular weight excluding hydrogens is 400 g/mol. The maximum absolute atomic E-state index is 13.0. The molecule has 1 saturated heterocycles. The predicted octanol–water partition coefficient (Wildman–Crippen LogP) is 5.08. The number of halogens is 6. The lowest BCUT2D eigenvalue weighted by molar-refractivity contribution is -0.143. The predicted molar refractivity (Wildman–Crippen MR) is 95.7 cm³/mol. The first-order valence-electron chi connectivity index (χ1n) is 8.69. The van der Waals surface area contributed by atoms with Crippen LogP contribution in [0.3, 0.4) is 0 Å². The van der Waals surface area contributed by atoms with Gasteiger partial charge in [0.2, 0.25) is 0 Å². The number of alkyl halides is 6. The van der Waals surface area contributed by atoms with Crippen molar-refractivity contribution in [3.63, 3.8) is 0 Å². The summed E-state index contributed by atoms with van der Waals surface area (Å²) in [6.45, 7) is 0.550. The fourth-order valence-electron chi connectivity index (χ4n) is 3.01. The summed E-state index contributed by atoms with van der Waals surface area (Å²) in [7, 11) is 0. The fourth-order valence-corrected chi connectivity index (χ4v) is 3.01. The molecule has 0 unspecified atom stereocenters. The Hall–Kier alpha value is -2.91. The van der Waals surface area contributed by atoms with Crippen LogP contribution in [0.25, 0.3) is 0 Å². The number of piperazine rings is 1. The summed E-state index contributed by atoms with van der Waals surface area (Å²) >= 11 is 0. The molecule has 0 aromatic heterocycles. The third kappa shape index (κ3) is 5.12. The number of carbonyl (C=O) groups excluding carboxylic acids is 1. The lowest BCUT2D eigenvalue weighted by Crippen LogP contribution is -2.50. The van der Waals surface area contributed by atoms with Crippen LogP contribution in [0.4, 0.5) is 42.5 Å². The molecule has 1 aliphatic rings. The van der Waals surface area contributed by atoms with Crippen LogP contribution in [0.15, 0.2) is 48.5 Å². The van der Waals surface area contributed by atoms with Gasteiger partial charge in [0.1, 0.15) is 0 Å². The summed E-state index contributed by atoms with van der Waals surface area (Å²) in [4.78, 5) is 15.2. The van der Waals surface area contributed by atoms with E-state index < -0.39 is 23.5 Å². The zero-order valence-corrected chi connectivity index (χ0v) is 15.0. The molecular formula is C19H17F6N3O. The Kier molecular flexibility index (Phi) is 5.63. The molecule has 0 spiro atoms. The average Bonchev–Trinajstić information content (AvgIpc) is 2.67. The van der Waals surface area contributed by atoms with Crippen LogP contribution >= 0.6 is 0 Å². The molecule has 2 amide bonds. The molecule has 1 fully saturated rings. The molecule has 156 valence electrons. The van der Waals surface area contributed by atoms with Gasteiger partial charge in [0.05, 0.1) is 11.1 Å². The Labute approximate surface area is 162 Å². The van der Waals surface area contributed by atoms with Gasteiger partial charge >= 0.3 is 18.4 Å². The van der Waals surface area contributed by atoms with E-state index in [1.807, 2.05) is 0 Å². The molecule has 10 heteroatoms. The molecule has 0 bridgehead atoms. The summed E-state index contributed by atoms with van der Waals surface area (Å²) < 4.78 is 78.2. The molecule has 1 N–H and O–H groups in total. The highest BCUT2D eigenvalue weighted by molar-refractivity contribution is 5.89. The second-order valence-corrected chi connectivity index (χ2v) is 6.53. The zero-order chi connectivity index (χ0) is 21.2. The summed E-state index contributed by atoms with van der Waals surface area (Å²) in [6.07, 6.45) is -9.79. The van der Waals surface area contributed by atoms with Crippen molar-refractivity contribution in [1.29, 1.82) is 0 Å². The van der Waals surface area contributed by atoms with E-state index in [0.717, 1.165) is 0 Å². The third-order valence-corrected chi connectivity index (χ3v) is 4.53. The molecule has 2 aromatic rings. The van der Waals surface area contributed by atoms with E-state index in [-0.39, 0.29) is 44.0 Å². The SMILES string of the molecule is O=C(Nc1ccccc1)N1CCN(c2cc(C(F)(F)F)cc(C(F)(F)F)c2)CC1. The Balaban J connectivity index is 1.72. The number of urea groups is 1. The quantitative estimate of drug-likeness (QED) is 0.692. The van der Waals surface area contributed by atoms with Crippen molar-refractivity contribution >= 4 is 17.4 Å². The lowest BCUT2D eigenvalue weighted by Gasteiger charge is -2.36. The summed E-state index contributed by atoms with van der Waals surface area (Å²) in [6, 6.07) is 9.83. The molecule has 3 rings (SSSR count). The van der Waals surface area contributed by atoms with Gasteiger partial charge in [-0.2, -0.15) is 26.3 Å². The van der Waals surface area contributed by atoms with Crippen LogP contribution in [-0.2, 0) is 12.4 Å². The van der Waals surface area contributed by atoms with Crippen LogP contribution in [0.2, 0.25) is 0 Å². The van der Waals surface area contributed by atoms with Gasteiger partial charge < -0.3 is 15.1 Å². The van der Waals surface area contributed by atoms with E-state index in [0.29, 0.717) is 17.8 Å². The number of nitrogens with one attached hydrogen (secondary N) is 1. The van der Waals surface area contributed by atoms with Crippen molar-refractivity contribution in [3.8, 4) is 0 Å². The van der Waals surface area contributed by atoms with Gasteiger partial charge in [-0.3, -0.25) is 0 Å². The lowest BCUT2D eigenvalue weighted by atomic mass is 10.1. The van der Waals surface area contributed by atoms with Crippen molar-refractivity contribution in [3.05, 3.63) is 59.7 Å². The van der Waals surface area contributed by atoms with E-state index in [2.05, 4.69) is 5.32 Å². The number of hydrogen-bond acceptors (Lipinski definition) is 2. The maximum atomic E-state index is 13.0. The zero-order valence-electron chi connectivity index (χ0n) is 15.0. The fraction of sp³-hybridized carbons (Fsp3) is 0.316. The second-order valence-electron chi connectivity index (χ2n) is 6.53. The number of nitrogens with zero attached hydrogens (tertiary/aromatic N) is 2. The van der Waals surface area contributed by atoms with Gasteiger partial charge in [0.15, 0.2) is 0 Å². The van der Waals surface area contributed by atoms with Gasteiger partial charge in [0, 0.05) is 37.6 Å². The van der Waals surface area contributed by atoms with Crippen LogP contribution in [-0.4, -0.2) is 37.1 Å². The normalized spacial score (nSPS) is 15.4. The molecule has 2 aromatic carbocycles. The molecule has 1 heterocycles. The molecule has 1 aliphatic heterocycles. The highest BCUT2D eigenvalue weighted by Crippen LogP contribution is 2.38. The third-order valence-electron chi connectivity index (χ3n) is 4.53. The minimum absolute atomic E-state index is 0.104. The second kappa shape index (κ2) is 7.84. The van der Waals surface area contributed by atoms with Gasteiger partial charge in [0.25, 0.3) is 0 Å². The van der Waals surface area contributed by atoms with Crippen LogP contribution in [0.1, 0.15) is 11.1 Å². The van der Waals surface area contributed by atoms with Crippen LogP contribution in [0.5, 0.6) is 0 Å². The van der Waals surface area contributed by atoms with Gasteiger partial charge in [-0.25, -0.2) is 4.79 Å². The number of anilines is 2. The van der Waals surface area contributed by atoms with Gasteiger partial charge in [-0.1, -0.05) is 18.2 Å². The summed E-state index contributed by atoms with van der Waals surface area (Å²) in [5.41, 5.74) is -2.29. The molecule has 4 nitrogen and oxygen atoms in total. The van der Waals surface area contributed by atoms with Gasteiger partial charge in [-0.15, -0.1) is 0 Å². The van der Waals surface area contributed by atoms with E-state index in [1.165, 1.54) is 9.80 Å². The minimum atomic E-state index is -4.90. The first kappa shape index (κ1) is 20.8. The summed E-state index contributed by atoms with van der Waals surface area (Å²) in [5.74, 6) is 0. The van der Waals surface area contributed by atoms with E-state index >= 15 is 0 Å². The van der Waals surface area contributed by atoms with Crippen LogP contribution in [0, 0.1) is 0 Å². The first-order chi connectivity index (χ1) is 13.5. The number of rotatable bonds is 2. The largest absolute Gasteiger partial charge is 0.416 e. The number of hydrogen-bond donors (Lipinski definition) is 1. The molecule has 29 heavy (non-hydrogen) atoms. The van der Waals surface area contributed by atoms with Crippen LogP contribution < -0.4 is 10.2 Å². The standard InChI is InChI=1S/C19H17F6N3O/c20-18(21,22)13-10-14(19(23,24)25)12-16(11-13)27-6-8-28(9-7-27)17(29)26-15-4-2-1-3-5-15/h1-5,10-12H,6-9H2,(H,26,29). The monoisotopic (exact) mass is 417 g/mol. The smallest absolute Gasteiger partial charge is 0.368 e. The molecule has 0 aliphatic carbocycles. The maximum Gasteiger partial charge on any atom is 0.416 e. The van der Waals surface area contributed by atoms with E-state index in [1.54, 1.807) is 30.3 Å².